The minimum Gasteiger partial charge on any atom is -0.370 e. The summed E-state index contributed by atoms with van der Waals surface area (Å²) in [6.45, 7) is 5.31. The summed E-state index contributed by atoms with van der Waals surface area (Å²) < 4.78 is 13.6. The molecule has 0 aliphatic heterocycles. The monoisotopic (exact) mass is 274 g/mol. The predicted octanol–water partition coefficient (Wildman–Crippen LogP) is 3.36. The third kappa shape index (κ3) is 3.44. The quantitative estimate of drug-likeness (QED) is 0.848. The normalized spacial score (nSPS) is 10.3. The molecule has 0 aliphatic rings. The molecule has 0 radical (unpaired) electrons. The lowest BCUT2D eigenvalue weighted by molar-refractivity contribution is 0.613. The fourth-order valence-corrected chi connectivity index (χ4v) is 1.87. The molecular weight excluding hydrogens is 255 g/mol. The van der Waals surface area contributed by atoms with Crippen molar-refractivity contribution in [1.29, 1.82) is 0 Å². The predicted molar refractivity (Wildman–Crippen MR) is 79.3 cm³/mol. The molecule has 0 atom stereocenters. The molecule has 2 rings (SSSR count). The number of hydrogen-bond donors (Lipinski definition) is 2. The van der Waals surface area contributed by atoms with Crippen LogP contribution in [0.15, 0.2) is 30.6 Å². The summed E-state index contributed by atoms with van der Waals surface area (Å²) >= 11 is 0. The maximum atomic E-state index is 13.6. The van der Waals surface area contributed by atoms with Crippen molar-refractivity contribution in [3.8, 4) is 0 Å². The smallest absolute Gasteiger partial charge is 0.134 e. The second-order valence-electron chi connectivity index (χ2n) is 4.57. The molecular formula is C15H19FN4. The molecule has 0 spiro atoms. The van der Waals surface area contributed by atoms with E-state index in [1.54, 1.807) is 12.1 Å². The number of hydrogen-bond acceptors (Lipinski definition) is 4. The standard InChI is InChI=1S/C15H19FN4/c1-3-8-17-14-11(2)15(20-10-19-14)18-9-12-6-4-5-7-13(12)16/h4-7,10H,3,8-9H2,1-2H3,(H2,17,18,19,20). The zero-order valence-corrected chi connectivity index (χ0v) is 11.8. The zero-order valence-electron chi connectivity index (χ0n) is 11.8. The van der Waals surface area contributed by atoms with Crippen molar-refractivity contribution in [2.75, 3.05) is 17.2 Å². The Morgan fingerprint density at radius 3 is 2.50 bits per heavy atom. The molecule has 106 valence electrons. The highest BCUT2D eigenvalue weighted by molar-refractivity contribution is 5.56. The molecule has 1 heterocycles. The summed E-state index contributed by atoms with van der Waals surface area (Å²) in [4.78, 5) is 8.42. The summed E-state index contributed by atoms with van der Waals surface area (Å²) in [5.41, 5.74) is 1.56. The number of nitrogens with one attached hydrogen (secondary N) is 2. The fourth-order valence-electron chi connectivity index (χ4n) is 1.87. The Balaban J connectivity index is 2.08. The number of halogens is 1. The maximum absolute atomic E-state index is 13.6. The summed E-state index contributed by atoms with van der Waals surface area (Å²) in [5.74, 6) is 1.33. The minimum absolute atomic E-state index is 0.212. The van der Waals surface area contributed by atoms with Crippen LogP contribution >= 0.6 is 0 Å². The van der Waals surface area contributed by atoms with E-state index in [0.717, 1.165) is 30.2 Å². The van der Waals surface area contributed by atoms with Gasteiger partial charge in [0.2, 0.25) is 0 Å². The van der Waals surface area contributed by atoms with Gasteiger partial charge in [0.1, 0.15) is 23.8 Å². The third-order valence-corrected chi connectivity index (χ3v) is 3.03. The molecule has 1 aromatic carbocycles. The largest absolute Gasteiger partial charge is 0.370 e. The lowest BCUT2D eigenvalue weighted by atomic mass is 10.2. The third-order valence-electron chi connectivity index (χ3n) is 3.03. The molecule has 0 bridgehead atoms. The van der Waals surface area contributed by atoms with Gasteiger partial charge in [-0.15, -0.1) is 0 Å². The molecule has 1 aromatic heterocycles. The zero-order chi connectivity index (χ0) is 14.4. The van der Waals surface area contributed by atoms with Crippen LogP contribution in [-0.4, -0.2) is 16.5 Å². The average Bonchev–Trinajstić information content (AvgIpc) is 2.46. The van der Waals surface area contributed by atoms with Gasteiger partial charge in [-0.05, 0) is 19.4 Å². The van der Waals surface area contributed by atoms with Crippen LogP contribution in [0.2, 0.25) is 0 Å². The van der Waals surface area contributed by atoms with Crippen molar-refractivity contribution in [2.24, 2.45) is 0 Å². The van der Waals surface area contributed by atoms with Gasteiger partial charge in [-0.2, -0.15) is 0 Å². The van der Waals surface area contributed by atoms with Crippen LogP contribution in [-0.2, 0) is 6.54 Å². The number of benzene rings is 1. The van der Waals surface area contributed by atoms with E-state index in [1.807, 2.05) is 13.0 Å². The first kappa shape index (κ1) is 14.2. The summed E-state index contributed by atoms with van der Waals surface area (Å²) in [6.07, 6.45) is 2.54. The molecule has 0 saturated carbocycles. The molecule has 0 unspecified atom stereocenters. The molecule has 4 nitrogen and oxygen atoms in total. The van der Waals surface area contributed by atoms with E-state index in [1.165, 1.54) is 12.4 Å². The molecule has 2 aromatic rings. The van der Waals surface area contributed by atoms with Gasteiger partial charge in [0, 0.05) is 24.2 Å². The Hall–Kier alpha value is -2.17. The van der Waals surface area contributed by atoms with Crippen molar-refractivity contribution in [3.05, 3.63) is 47.5 Å². The van der Waals surface area contributed by atoms with Crippen molar-refractivity contribution in [1.82, 2.24) is 9.97 Å². The number of nitrogens with zero attached hydrogens (tertiary/aromatic N) is 2. The van der Waals surface area contributed by atoms with Crippen molar-refractivity contribution < 1.29 is 4.39 Å². The van der Waals surface area contributed by atoms with Crippen molar-refractivity contribution >= 4 is 11.6 Å². The van der Waals surface area contributed by atoms with Crippen LogP contribution in [0.5, 0.6) is 0 Å². The average molecular weight is 274 g/mol. The lowest BCUT2D eigenvalue weighted by Gasteiger charge is -2.12. The first-order valence-electron chi connectivity index (χ1n) is 6.75. The van der Waals surface area contributed by atoms with Crippen LogP contribution in [0, 0.1) is 12.7 Å². The van der Waals surface area contributed by atoms with Gasteiger partial charge in [0.05, 0.1) is 0 Å². The summed E-state index contributed by atoms with van der Waals surface area (Å²) in [5, 5.41) is 6.40. The van der Waals surface area contributed by atoms with E-state index >= 15 is 0 Å². The van der Waals surface area contributed by atoms with Gasteiger partial charge in [0.15, 0.2) is 0 Å². The van der Waals surface area contributed by atoms with Gasteiger partial charge >= 0.3 is 0 Å². The molecule has 0 saturated heterocycles. The lowest BCUT2D eigenvalue weighted by Crippen LogP contribution is -2.09. The minimum atomic E-state index is -0.212. The first-order chi connectivity index (χ1) is 9.72. The molecule has 0 amide bonds. The number of anilines is 2. The topological polar surface area (TPSA) is 49.8 Å². The Labute approximate surface area is 118 Å². The van der Waals surface area contributed by atoms with Gasteiger partial charge in [-0.1, -0.05) is 25.1 Å². The van der Waals surface area contributed by atoms with Crippen molar-refractivity contribution in [3.63, 3.8) is 0 Å². The maximum Gasteiger partial charge on any atom is 0.134 e. The van der Waals surface area contributed by atoms with E-state index in [2.05, 4.69) is 27.5 Å². The van der Waals surface area contributed by atoms with Gasteiger partial charge in [-0.3, -0.25) is 0 Å². The van der Waals surface area contributed by atoms with Crippen molar-refractivity contribution in [2.45, 2.75) is 26.8 Å². The van der Waals surface area contributed by atoms with Crippen LogP contribution in [0.3, 0.4) is 0 Å². The van der Waals surface area contributed by atoms with E-state index in [-0.39, 0.29) is 5.82 Å². The number of rotatable bonds is 6. The van der Waals surface area contributed by atoms with E-state index in [0.29, 0.717) is 12.1 Å². The highest BCUT2D eigenvalue weighted by Crippen LogP contribution is 2.19. The van der Waals surface area contributed by atoms with Crippen LogP contribution in [0.1, 0.15) is 24.5 Å². The molecule has 2 N–H and O–H groups in total. The van der Waals surface area contributed by atoms with E-state index in [9.17, 15) is 4.39 Å². The van der Waals surface area contributed by atoms with Gasteiger partial charge in [-0.25, -0.2) is 14.4 Å². The molecule has 5 heteroatoms. The fraction of sp³-hybridized carbons (Fsp3) is 0.333. The van der Waals surface area contributed by atoms with Crippen LogP contribution in [0.4, 0.5) is 16.0 Å². The van der Waals surface area contributed by atoms with E-state index < -0.39 is 0 Å². The second-order valence-corrected chi connectivity index (χ2v) is 4.57. The Kier molecular flexibility index (Phi) is 4.87. The summed E-state index contributed by atoms with van der Waals surface area (Å²) in [7, 11) is 0. The van der Waals surface area contributed by atoms with Gasteiger partial charge < -0.3 is 10.6 Å². The van der Waals surface area contributed by atoms with Crippen LogP contribution in [0.25, 0.3) is 0 Å². The summed E-state index contributed by atoms with van der Waals surface area (Å²) in [6, 6.07) is 6.72. The Morgan fingerprint density at radius 2 is 1.80 bits per heavy atom. The highest BCUT2D eigenvalue weighted by atomic mass is 19.1. The first-order valence-corrected chi connectivity index (χ1v) is 6.75. The second kappa shape index (κ2) is 6.84. The number of aromatic nitrogens is 2. The van der Waals surface area contributed by atoms with E-state index in [4.69, 9.17) is 0 Å². The molecule has 0 aliphatic carbocycles. The molecule has 0 fully saturated rings. The van der Waals surface area contributed by atoms with Crippen LogP contribution < -0.4 is 10.6 Å². The Morgan fingerprint density at radius 1 is 1.10 bits per heavy atom. The van der Waals surface area contributed by atoms with Gasteiger partial charge in [0.25, 0.3) is 0 Å². The molecule has 20 heavy (non-hydrogen) atoms. The highest BCUT2D eigenvalue weighted by Gasteiger charge is 2.07. The Bertz CT molecular complexity index is 572. The SMILES string of the molecule is CCCNc1ncnc(NCc2ccccc2F)c1C.